The molecule has 0 aliphatic carbocycles. The maximum Gasteiger partial charge on any atom is 0.256 e. The predicted molar refractivity (Wildman–Crippen MR) is 137 cm³/mol. The van der Waals surface area contributed by atoms with Crippen molar-refractivity contribution in [3.63, 3.8) is 0 Å². The molecule has 1 atom stereocenters. The average Bonchev–Trinajstić information content (AvgIpc) is 3.64. The second-order valence-corrected chi connectivity index (χ2v) is 9.66. The van der Waals surface area contributed by atoms with Crippen LogP contribution in [0.2, 0.25) is 0 Å². The number of aryl methyl sites for hydroxylation is 1. The van der Waals surface area contributed by atoms with Gasteiger partial charge in [-0.1, -0.05) is 6.07 Å². The van der Waals surface area contributed by atoms with Gasteiger partial charge in [0.25, 0.3) is 5.91 Å². The highest BCUT2D eigenvalue weighted by Crippen LogP contribution is 2.38. The van der Waals surface area contributed by atoms with Crippen molar-refractivity contribution >= 4 is 5.91 Å². The van der Waals surface area contributed by atoms with Crippen LogP contribution in [-0.2, 0) is 25.7 Å². The van der Waals surface area contributed by atoms with Gasteiger partial charge in [0.2, 0.25) is 0 Å². The van der Waals surface area contributed by atoms with Crippen LogP contribution < -0.4 is 0 Å². The first kappa shape index (κ1) is 25.4. The highest BCUT2D eigenvalue weighted by atomic mass is 19.1. The van der Waals surface area contributed by atoms with E-state index in [1.165, 1.54) is 34.4 Å². The van der Waals surface area contributed by atoms with E-state index in [1.807, 2.05) is 0 Å². The van der Waals surface area contributed by atoms with E-state index in [-0.39, 0.29) is 31.0 Å². The minimum atomic E-state index is -1.98. The number of nitrogens with zero attached hydrogens (tertiary/aromatic N) is 7. The van der Waals surface area contributed by atoms with Crippen LogP contribution >= 0.6 is 0 Å². The van der Waals surface area contributed by atoms with Crippen molar-refractivity contribution in [2.24, 2.45) is 7.05 Å². The van der Waals surface area contributed by atoms with Gasteiger partial charge in [0, 0.05) is 47.8 Å². The van der Waals surface area contributed by atoms with Crippen molar-refractivity contribution in [1.82, 2.24) is 34.4 Å². The quantitative estimate of drug-likeness (QED) is 0.335. The molecule has 2 aromatic carbocycles. The normalized spacial score (nSPS) is 14.4. The zero-order chi connectivity index (χ0) is 28.0. The summed E-state index contributed by atoms with van der Waals surface area (Å²) in [5, 5.41) is 20.3. The predicted octanol–water partition coefficient (Wildman–Crippen LogP) is 3.70. The van der Waals surface area contributed by atoms with Crippen molar-refractivity contribution < 1.29 is 23.1 Å². The Kier molecular flexibility index (Phi) is 6.18. The Morgan fingerprint density at radius 2 is 1.77 bits per heavy atom. The van der Waals surface area contributed by atoms with Gasteiger partial charge in [-0.25, -0.2) is 22.8 Å². The lowest BCUT2D eigenvalue weighted by Gasteiger charge is -2.33. The molecule has 0 saturated heterocycles. The summed E-state index contributed by atoms with van der Waals surface area (Å²) < 4.78 is 45.1. The second-order valence-electron chi connectivity index (χ2n) is 9.66. The largest absolute Gasteiger partial charge is 0.381 e. The molecule has 1 amide bonds. The zero-order valence-electron chi connectivity index (χ0n) is 21.2. The lowest BCUT2D eigenvalue weighted by molar-refractivity contribution is -0.0175. The fourth-order valence-electron chi connectivity index (χ4n) is 5.12. The van der Waals surface area contributed by atoms with Gasteiger partial charge in [0.1, 0.15) is 41.4 Å². The number of hydrogen-bond donors (Lipinski definition) is 1. The third kappa shape index (κ3) is 4.51. The number of rotatable bonds is 7. The number of β-amino-alcohol motifs (C(OH)–C–C–N with tert-alkyl or cyclic N) is 1. The lowest BCUT2D eigenvalue weighted by Crippen LogP contribution is -2.45. The van der Waals surface area contributed by atoms with Gasteiger partial charge in [-0.2, -0.15) is 10.2 Å². The summed E-state index contributed by atoms with van der Waals surface area (Å²) in [6, 6.07) is 10.5. The Morgan fingerprint density at radius 3 is 2.50 bits per heavy atom. The molecule has 1 N–H and O–H groups in total. The maximum absolute atomic E-state index is 14.9. The van der Waals surface area contributed by atoms with Crippen molar-refractivity contribution in [3.8, 4) is 22.4 Å². The summed E-state index contributed by atoms with van der Waals surface area (Å²) in [5.74, 6) is -2.56. The van der Waals surface area contributed by atoms with E-state index in [9.17, 15) is 23.1 Å². The van der Waals surface area contributed by atoms with Crippen molar-refractivity contribution in [2.75, 3.05) is 6.54 Å². The summed E-state index contributed by atoms with van der Waals surface area (Å²) in [5.41, 5.74) is 1.06. The van der Waals surface area contributed by atoms with Crippen LogP contribution in [0.3, 0.4) is 0 Å². The number of aromatic nitrogens is 6. The van der Waals surface area contributed by atoms with Crippen LogP contribution in [0.25, 0.3) is 22.4 Å². The fraction of sp³-hybridized carbons (Fsp3) is 0.179. The molecule has 0 saturated carbocycles. The van der Waals surface area contributed by atoms with Crippen LogP contribution in [0.4, 0.5) is 13.2 Å². The van der Waals surface area contributed by atoms with Gasteiger partial charge in [0.15, 0.2) is 0 Å². The molecule has 1 aliphatic rings. The van der Waals surface area contributed by atoms with Gasteiger partial charge in [-0.15, -0.1) is 0 Å². The van der Waals surface area contributed by atoms with Crippen LogP contribution in [0.5, 0.6) is 0 Å². The van der Waals surface area contributed by atoms with Crippen molar-refractivity contribution in [3.05, 3.63) is 108 Å². The van der Waals surface area contributed by atoms with Crippen LogP contribution in [0, 0.1) is 17.5 Å². The molecule has 4 heterocycles. The van der Waals surface area contributed by atoms with Gasteiger partial charge >= 0.3 is 0 Å². The van der Waals surface area contributed by atoms with Crippen molar-refractivity contribution in [2.45, 2.75) is 18.7 Å². The second kappa shape index (κ2) is 9.72. The van der Waals surface area contributed by atoms with Crippen molar-refractivity contribution in [1.29, 1.82) is 0 Å². The number of benzene rings is 2. The van der Waals surface area contributed by atoms with E-state index in [1.54, 1.807) is 42.3 Å². The minimum Gasteiger partial charge on any atom is -0.381 e. The van der Waals surface area contributed by atoms with Crippen LogP contribution in [-0.4, -0.2) is 52.0 Å². The molecular weight excluding hydrogens is 523 g/mol. The van der Waals surface area contributed by atoms with E-state index in [0.29, 0.717) is 39.7 Å². The molecule has 5 aromatic rings. The summed E-state index contributed by atoms with van der Waals surface area (Å²) in [6.07, 6.45) is 5.96. The molecule has 3 aromatic heterocycles. The van der Waals surface area contributed by atoms with Gasteiger partial charge in [-0.3, -0.25) is 14.5 Å². The SMILES string of the molecule is Cn1cc(-c2ccnc3c2C(=O)N(C[C@](O)(Cn2cncn2)c2ccc(F)cc2F)C3)c(-c2ccc(F)cc2)n1. The molecule has 40 heavy (non-hydrogen) atoms. The molecular formula is C28H22F3N7O2. The standard InChI is InChI=1S/C28H22F3N7O2/c1-36-11-21(26(35-36)17-2-4-18(29)5-3-17)20-8-9-33-24-12-37(27(39)25(20)24)13-28(40,14-38-16-32-15-34-38)22-7-6-19(30)10-23(22)31/h2-11,15-16,40H,12-14H2,1H3/t28-/m0/s1. The molecule has 0 fully saturated rings. The topological polar surface area (TPSA) is 102 Å². The lowest BCUT2D eigenvalue weighted by atomic mass is 9.92. The smallest absolute Gasteiger partial charge is 0.256 e. The molecule has 0 spiro atoms. The molecule has 0 unspecified atom stereocenters. The monoisotopic (exact) mass is 545 g/mol. The number of hydrogen-bond acceptors (Lipinski definition) is 6. The number of pyridine rings is 1. The van der Waals surface area contributed by atoms with E-state index in [4.69, 9.17) is 0 Å². The number of fused-ring (bicyclic) bond motifs is 1. The number of carbonyl (C=O) groups is 1. The minimum absolute atomic E-state index is 0.0522. The third-order valence-corrected chi connectivity index (χ3v) is 6.88. The van der Waals surface area contributed by atoms with E-state index in [0.717, 1.165) is 12.1 Å². The molecule has 12 heteroatoms. The number of aliphatic hydroxyl groups is 1. The number of halogens is 3. The molecule has 1 aliphatic heterocycles. The number of amides is 1. The molecule has 6 rings (SSSR count). The van der Waals surface area contributed by atoms with Gasteiger partial charge in [-0.05, 0) is 36.4 Å². The van der Waals surface area contributed by atoms with E-state index in [2.05, 4.69) is 20.2 Å². The Morgan fingerprint density at radius 1 is 1.00 bits per heavy atom. The summed E-state index contributed by atoms with van der Waals surface area (Å²) in [6.45, 7) is -0.522. The Hall–Kier alpha value is -4.84. The first-order valence-corrected chi connectivity index (χ1v) is 12.3. The average molecular weight is 546 g/mol. The molecule has 0 radical (unpaired) electrons. The van der Waals surface area contributed by atoms with E-state index >= 15 is 0 Å². The Labute approximate surface area is 226 Å². The molecule has 202 valence electrons. The van der Waals surface area contributed by atoms with Gasteiger partial charge in [0.05, 0.1) is 30.9 Å². The molecule has 0 bridgehead atoms. The fourth-order valence-corrected chi connectivity index (χ4v) is 5.12. The van der Waals surface area contributed by atoms with Crippen LogP contribution in [0.15, 0.2) is 73.6 Å². The van der Waals surface area contributed by atoms with E-state index < -0.39 is 23.1 Å². The molecule has 9 nitrogen and oxygen atoms in total. The first-order chi connectivity index (χ1) is 19.2. The maximum atomic E-state index is 14.9. The Bertz CT molecular complexity index is 1720. The summed E-state index contributed by atoms with van der Waals surface area (Å²) in [7, 11) is 1.74. The van der Waals surface area contributed by atoms with Gasteiger partial charge < -0.3 is 10.0 Å². The highest BCUT2D eigenvalue weighted by Gasteiger charge is 2.41. The Balaban J connectivity index is 1.38. The summed E-state index contributed by atoms with van der Waals surface area (Å²) in [4.78, 5) is 23.5. The third-order valence-electron chi connectivity index (χ3n) is 6.88. The summed E-state index contributed by atoms with van der Waals surface area (Å²) >= 11 is 0. The zero-order valence-corrected chi connectivity index (χ0v) is 21.2. The highest BCUT2D eigenvalue weighted by molar-refractivity contribution is 6.05. The van der Waals surface area contributed by atoms with Crippen LogP contribution in [0.1, 0.15) is 21.6 Å². The first-order valence-electron chi connectivity index (χ1n) is 12.3. The number of carbonyl (C=O) groups excluding carboxylic acids is 1.